The molecule has 0 fully saturated rings. The number of carbonyl (C=O) groups excluding carboxylic acids is 1. The summed E-state index contributed by atoms with van der Waals surface area (Å²) in [5.41, 5.74) is 7.04. The number of halogens is 1. The summed E-state index contributed by atoms with van der Waals surface area (Å²) >= 11 is 6.44. The van der Waals surface area contributed by atoms with E-state index in [1.165, 1.54) is 0 Å². The second-order valence-electron chi connectivity index (χ2n) is 8.10. The quantitative estimate of drug-likeness (QED) is 0.236. The molecule has 4 aromatic rings. The molecule has 0 atom stereocenters. The van der Waals surface area contributed by atoms with Crippen LogP contribution in [-0.2, 0) is 0 Å². The summed E-state index contributed by atoms with van der Waals surface area (Å²) in [6.07, 6.45) is 0.761. The fourth-order valence-corrected chi connectivity index (χ4v) is 3.90. The fraction of sp³-hybridized carbons (Fsp3) is 0.179. The van der Waals surface area contributed by atoms with Crippen molar-refractivity contribution in [2.24, 2.45) is 5.10 Å². The van der Waals surface area contributed by atoms with E-state index in [4.69, 9.17) is 21.3 Å². The zero-order chi connectivity index (χ0) is 24.1. The van der Waals surface area contributed by atoms with E-state index >= 15 is 0 Å². The molecular weight excluding hydrogens is 446 g/mol. The number of nitrogens with one attached hydrogen (secondary N) is 1. The third-order valence-corrected chi connectivity index (χ3v) is 5.60. The highest BCUT2D eigenvalue weighted by molar-refractivity contribution is 6.35. The van der Waals surface area contributed by atoms with Gasteiger partial charge in [0.25, 0.3) is 5.91 Å². The predicted octanol–water partition coefficient (Wildman–Crippen LogP) is 6.89. The first kappa shape index (κ1) is 23.5. The number of fused-ring (bicyclic) bond motifs is 1. The predicted molar refractivity (Wildman–Crippen MR) is 139 cm³/mol. The van der Waals surface area contributed by atoms with Crippen molar-refractivity contribution in [1.29, 1.82) is 0 Å². The number of amides is 1. The molecule has 5 nitrogen and oxygen atoms in total. The van der Waals surface area contributed by atoms with Gasteiger partial charge >= 0.3 is 0 Å². The summed E-state index contributed by atoms with van der Waals surface area (Å²) in [7, 11) is 0. The van der Waals surface area contributed by atoms with Crippen molar-refractivity contribution in [3.63, 3.8) is 0 Å². The number of carbonyl (C=O) groups is 1. The minimum Gasteiger partial charge on any atom is -0.491 e. The third-order valence-electron chi connectivity index (χ3n) is 5.29. The highest BCUT2D eigenvalue weighted by Gasteiger charge is 2.16. The molecular formula is C28H26ClN3O2. The number of para-hydroxylation sites is 1. The first-order chi connectivity index (χ1) is 16.5. The summed E-state index contributed by atoms with van der Waals surface area (Å²) in [5.74, 6) is 0.476. The van der Waals surface area contributed by atoms with Gasteiger partial charge in [-0.3, -0.25) is 4.79 Å². The topological polar surface area (TPSA) is 63.6 Å². The lowest BCUT2D eigenvalue weighted by Crippen LogP contribution is -2.20. The van der Waals surface area contributed by atoms with Crippen LogP contribution in [0.25, 0.3) is 22.2 Å². The molecule has 0 aliphatic rings. The SMILES string of the molecule is CC/C(=N\NC(=O)c1cc(-c2ccccc2)nc2c(Cl)cccc12)c1ccc(OC(C)C)cc1. The standard InChI is InChI=1S/C28H26ClN3O2/c1-4-25(20-13-15-21(16-14-20)34-18(2)3)31-32-28(33)23-17-26(19-9-6-5-7-10-19)30-27-22(23)11-8-12-24(27)29/h5-18H,4H2,1-3H3,(H,32,33)/b31-25+. The van der Waals surface area contributed by atoms with Gasteiger partial charge in [0.2, 0.25) is 0 Å². The number of pyridine rings is 1. The first-order valence-corrected chi connectivity index (χ1v) is 11.6. The molecule has 0 bridgehead atoms. The first-order valence-electron chi connectivity index (χ1n) is 11.2. The zero-order valence-electron chi connectivity index (χ0n) is 19.4. The number of nitrogens with zero attached hydrogens (tertiary/aromatic N) is 2. The van der Waals surface area contributed by atoms with E-state index in [0.717, 1.165) is 22.6 Å². The van der Waals surface area contributed by atoms with E-state index in [2.05, 4.69) is 10.5 Å². The Morgan fingerprint density at radius 1 is 1.03 bits per heavy atom. The van der Waals surface area contributed by atoms with Gasteiger partial charge < -0.3 is 4.74 Å². The third kappa shape index (κ3) is 5.26. The van der Waals surface area contributed by atoms with Crippen molar-refractivity contribution in [3.05, 3.63) is 95.0 Å². The van der Waals surface area contributed by atoms with Crippen molar-refractivity contribution in [1.82, 2.24) is 10.4 Å². The molecule has 0 saturated carbocycles. The van der Waals surface area contributed by atoms with Gasteiger partial charge in [0.15, 0.2) is 0 Å². The maximum Gasteiger partial charge on any atom is 0.272 e. The molecule has 6 heteroatoms. The molecule has 1 aromatic heterocycles. The van der Waals surface area contributed by atoms with E-state index in [-0.39, 0.29) is 12.0 Å². The lowest BCUT2D eigenvalue weighted by atomic mass is 10.0. The normalized spacial score (nSPS) is 11.6. The van der Waals surface area contributed by atoms with Crippen LogP contribution in [0, 0.1) is 0 Å². The van der Waals surface area contributed by atoms with E-state index in [9.17, 15) is 4.79 Å². The van der Waals surface area contributed by atoms with Crippen molar-refractivity contribution in [3.8, 4) is 17.0 Å². The Bertz CT molecular complexity index is 1330. The van der Waals surface area contributed by atoms with Gasteiger partial charge in [-0.2, -0.15) is 5.10 Å². The van der Waals surface area contributed by atoms with Crippen LogP contribution in [0.4, 0.5) is 0 Å². The minimum atomic E-state index is -0.322. The van der Waals surface area contributed by atoms with Gasteiger partial charge in [0, 0.05) is 10.9 Å². The molecule has 1 heterocycles. The Labute approximate surface area is 204 Å². The minimum absolute atomic E-state index is 0.105. The highest BCUT2D eigenvalue weighted by atomic mass is 35.5. The summed E-state index contributed by atoms with van der Waals surface area (Å²) in [6, 6.07) is 24.6. The van der Waals surface area contributed by atoms with Crippen LogP contribution in [-0.4, -0.2) is 22.7 Å². The lowest BCUT2D eigenvalue weighted by Gasteiger charge is -2.12. The number of aromatic nitrogens is 1. The Hall–Kier alpha value is -3.70. The summed E-state index contributed by atoms with van der Waals surface area (Å²) in [4.78, 5) is 18.0. The van der Waals surface area contributed by atoms with Gasteiger partial charge in [0.05, 0.1) is 33.6 Å². The molecule has 0 spiro atoms. The van der Waals surface area contributed by atoms with Gasteiger partial charge in [-0.05, 0) is 62.2 Å². The van der Waals surface area contributed by atoms with Gasteiger partial charge in [-0.15, -0.1) is 0 Å². The Kier molecular flexibility index (Phi) is 7.24. The van der Waals surface area contributed by atoms with E-state index in [1.54, 1.807) is 12.1 Å². The Morgan fingerprint density at radius 3 is 2.44 bits per heavy atom. The summed E-state index contributed by atoms with van der Waals surface area (Å²) in [6.45, 7) is 5.97. The van der Waals surface area contributed by atoms with Gasteiger partial charge in [-0.1, -0.05) is 61.0 Å². The molecule has 0 radical (unpaired) electrons. The highest BCUT2D eigenvalue weighted by Crippen LogP contribution is 2.29. The maximum absolute atomic E-state index is 13.3. The molecule has 0 unspecified atom stereocenters. The largest absolute Gasteiger partial charge is 0.491 e. The molecule has 172 valence electrons. The van der Waals surface area contributed by atoms with E-state index in [0.29, 0.717) is 33.6 Å². The van der Waals surface area contributed by atoms with Crippen LogP contribution < -0.4 is 10.2 Å². The molecule has 0 saturated heterocycles. The maximum atomic E-state index is 13.3. The van der Waals surface area contributed by atoms with Crippen molar-refractivity contribution in [2.75, 3.05) is 0 Å². The van der Waals surface area contributed by atoms with Crippen LogP contribution in [0.2, 0.25) is 5.02 Å². The lowest BCUT2D eigenvalue weighted by molar-refractivity contribution is 0.0956. The smallest absolute Gasteiger partial charge is 0.272 e. The molecule has 1 N–H and O–H groups in total. The second-order valence-corrected chi connectivity index (χ2v) is 8.51. The number of hydrogen-bond donors (Lipinski definition) is 1. The number of rotatable bonds is 7. The second kappa shape index (κ2) is 10.5. The Balaban J connectivity index is 1.67. The zero-order valence-corrected chi connectivity index (χ0v) is 20.1. The van der Waals surface area contributed by atoms with Crippen molar-refractivity contribution in [2.45, 2.75) is 33.3 Å². The number of hydrazone groups is 1. The number of hydrogen-bond acceptors (Lipinski definition) is 4. The van der Waals surface area contributed by atoms with Gasteiger partial charge in [-0.25, -0.2) is 10.4 Å². The van der Waals surface area contributed by atoms with Crippen LogP contribution >= 0.6 is 11.6 Å². The fourth-order valence-electron chi connectivity index (χ4n) is 3.68. The number of benzene rings is 3. The monoisotopic (exact) mass is 471 g/mol. The van der Waals surface area contributed by atoms with Crippen molar-refractivity contribution < 1.29 is 9.53 Å². The van der Waals surface area contributed by atoms with Crippen LogP contribution in [0.15, 0.2) is 84.0 Å². The molecule has 3 aromatic carbocycles. The van der Waals surface area contributed by atoms with Crippen LogP contribution in [0.3, 0.4) is 0 Å². The van der Waals surface area contributed by atoms with Gasteiger partial charge in [0.1, 0.15) is 5.75 Å². The molecule has 4 rings (SSSR count). The number of ether oxygens (including phenoxy) is 1. The molecule has 0 aliphatic heterocycles. The molecule has 1 amide bonds. The summed E-state index contributed by atoms with van der Waals surface area (Å²) in [5, 5.41) is 5.60. The summed E-state index contributed by atoms with van der Waals surface area (Å²) < 4.78 is 5.71. The molecule has 34 heavy (non-hydrogen) atoms. The van der Waals surface area contributed by atoms with Crippen molar-refractivity contribution >= 4 is 34.1 Å². The average molecular weight is 472 g/mol. The van der Waals surface area contributed by atoms with E-state index < -0.39 is 0 Å². The van der Waals surface area contributed by atoms with Crippen LogP contribution in [0.1, 0.15) is 43.1 Å². The average Bonchev–Trinajstić information content (AvgIpc) is 2.85. The van der Waals surface area contributed by atoms with E-state index in [1.807, 2.05) is 87.5 Å². The van der Waals surface area contributed by atoms with Crippen LogP contribution in [0.5, 0.6) is 5.75 Å². The molecule has 0 aliphatic carbocycles. The Morgan fingerprint density at radius 2 is 1.76 bits per heavy atom.